The first-order valence-electron chi connectivity index (χ1n) is 14.4. The molecular weight excluding hydrogens is 526 g/mol. The summed E-state index contributed by atoms with van der Waals surface area (Å²) in [5, 5.41) is 6.89. The molecule has 8 heteroatoms. The molecule has 40 heavy (non-hydrogen) atoms. The van der Waals surface area contributed by atoms with Crippen LogP contribution in [0.2, 0.25) is 5.02 Å². The van der Waals surface area contributed by atoms with Crippen molar-refractivity contribution in [2.45, 2.75) is 69.7 Å². The van der Waals surface area contributed by atoms with Crippen molar-refractivity contribution in [1.82, 2.24) is 10.2 Å². The lowest BCUT2D eigenvalue weighted by Gasteiger charge is -2.36. The predicted molar refractivity (Wildman–Crippen MR) is 154 cm³/mol. The number of hydrogen-bond acceptors (Lipinski definition) is 4. The van der Waals surface area contributed by atoms with Crippen LogP contribution >= 0.6 is 11.6 Å². The number of nitrogens with zero attached hydrogens (tertiary/aromatic N) is 1. The summed E-state index contributed by atoms with van der Waals surface area (Å²) in [6.07, 6.45) is 7.87. The summed E-state index contributed by atoms with van der Waals surface area (Å²) in [5.74, 6) is -1.85. The zero-order chi connectivity index (χ0) is 28.0. The molecule has 3 aliphatic heterocycles. The third-order valence-corrected chi connectivity index (χ3v) is 9.60. The monoisotopic (exact) mass is 561 g/mol. The molecule has 1 aliphatic carbocycles. The number of benzene rings is 2. The zero-order valence-electron chi connectivity index (χ0n) is 22.9. The minimum atomic E-state index is -1.18. The van der Waals surface area contributed by atoms with Crippen LogP contribution in [0.25, 0.3) is 0 Å². The maximum absolute atomic E-state index is 14.2. The quantitative estimate of drug-likeness (QED) is 0.481. The molecule has 7 nitrogen and oxygen atoms in total. The van der Waals surface area contributed by atoms with Gasteiger partial charge in [-0.25, -0.2) is 0 Å². The van der Waals surface area contributed by atoms with Crippen molar-refractivity contribution in [1.29, 1.82) is 0 Å². The number of aryl methyl sites for hydroxylation is 1. The highest BCUT2D eigenvalue weighted by Crippen LogP contribution is 2.55. The van der Waals surface area contributed by atoms with Crippen molar-refractivity contribution in [3.8, 4) is 0 Å². The van der Waals surface area contributed by atoms with Gasteiger partial charge in [0.15, 0.2) is 0 Å². The molecule has 2 bridgehead atoms. The van der Waals surface area contributed by atoms with Crippen LogP contribution in [0.4, 0.5) is 5.69 Å². The Morgan fingerprint density at radius 1 is 1.10 bits per heavy atom. The molecule has 0 radical (unpaired) electrons. The molecule has 1 spiro atoms. The van der Waals surface area contributed by atoms with Gasteiger partial charge in [0.1, 0.15) is 11.6 Å². The first-order valence-corrected chi connectivity index (χ1v) is 14.8. The Labute approximate surface area is 240 Å². The number of amides is 3. The van der Waals surface area contributed by atoms with Crippen molar-refractivity contribution >= 4 is 35.0 Å². The molecule has 3 heterocycles. The van der Waals surface area contributed by atoms with Crippen LogP contribution in [0.3, 0.4) is 0 Å². The van der Waals surface area contributed by atoms with Gasteiger partial charge in [0, 0.05) is 23.3 Å². The number of carbonyl (C=O) groups excluding carboxylic acids is 3. The molecule has 0 unspecified atom stereocenters. The lowest BCUT2D eigenvalue weighted by atomic mass is 9.74. The Hall–Kier alpha value is -3.16. The Morgan fingerprint density at radius 2 is 1.90 bits per heavy atom. The number of anilines is 1. The fourth-order valence-corrected chi connectivity index (χ4v) is 7.42. The highest BCUT2D eigenvalue weighted by Gasteiger charge is 2.72. The summed E-state index contributed by atoms with van der Waals surface area (Å²) >= 11 is 6.43. The van der Waals surface area contributed by atoms with Gasteiger partial charge in [-0.2, -0.15) is 0 Å². The lowest BCUT2D eigenvalue weighted by molar-refractivity contribution is -0.141. The Bertz CT molecular complexity index is 1360. The second kappa shape index (κ2) is 10.7. The number of halogens is 1. The lowest BCUT2D eigenvalue weighted by Crippen LogP contribution is -2.57. The van der Waals surface area contributed by atoms with Crippen molar-refractivity contribution < 1.29 is 19.1 Å². The molecule has 3 amide bonds. The molecule has 2 aromatic rings. The molecule has 0 aromatic heterocycles. The first kappa shape index (κ1) is 27.0. The number of fused-ring (bicyclic) bond motifs is 1. The molecular formula is C32H36ClN3O4. The minimum Gasteiger partial charge on any atom is -0.359 e. The number of hydrogen-bond donors (Lipinski definition) is 2. The topological polar surface area (TPSA) is 87.7 Å². The summed E-state index contributed by atoms with van der Waals surface area (Å²) in [6.45, 7) is 4.43. The summed E-state index contributed by atoms with van der Waals surface area (Å²) in [6, 6.07) is 14.3. The van der Waals surface area contributed by atoms with E-state index in [9.17, 15) is 14.4 Å². The van der Waals surface area contributed by atoms with Crippen LogP contribution in [-0.4, -0.2) is 53.0 Å². The van der Waals surface area contributed by atoms with E-state index in [0.29, 0.717) is 29.6 Å². The Morgan fingerprint density at radius 3 is 2.67 bits per heavy atom. The summed E-state index contributed by atoms with van der Waals surface area (Å²) < 4.78 is 6.48. The van der Waals surface area contributed by atoms with E-state index in [1.54, 1.807) is 4.90 Å². The van der Waals surface area contributed by atoms with Crippen LogP contribution < -0.4 is 10.6 Å². The van der Waals surface area contributed by atoms with E-state index in [4.69, 9.17) is 16.3 Å². The molecule has 210 valence electrons. The number of likely N-dealkylation sites (tertiary alicyclic amines) is 1. The maximum Gasteiger partial charge on any atom is 0.246 e. The van der Waals surface area contributed by atoms with Crippen LogP contribution in [0.1, 0.15) is 43.7 Å². The van der Waals surface area contributed by atoms with Gasteiger partial charge in [-0.15, -0.1) is 0 Å². The van der Waals surface area contributed by atoms with Gasteiger partial charge in [-0.3, -0.25) is 14.4 Å². The highest BCUT2D eigenvalue weighted by atomic mass is 35.5. The van der Waals surface area contributed by atoms with E-state index < -0.39 is 29.6 Å². The second-order valence-corrected chi connectivity index (χ2v) is 12.2. The van der Waals surface area contributed by atoms with E-state index in [0.717, 1.165) is 36.8 Å². The second-order valence-electron chi connectivity index (χ2n) is 11.8. The zero-order valence-corrected chi connectivity index (χ0v) is 23.7. The van der Waals surface area contributed by atoms with Crippen molar-refractivity contribution in [2.75, 3.05) is 11.9 Å². The largest absolute Gasteiger partial charge is 0.359 e. The smallest absolute Gasteiger partial charge is 0.246 e. The number of rotatable bonds is 7. The van der Waals surface area contributed by atoms with Crippen LogP contribution in [0.15, 0.2) is 60.7 Å². The third kappa shape index (κ3) is 4.63. The van der Waals surface area contributed by atoms with Gasteiger partial charge < -0.3 is 20.3 Å². The van der Waals surface area contributed by atoms with Gasteiger partial charge >= 0.3 is 0 Å². The number of ether oxygens (including phenoxy) is 1. The van der Waals surface area contributed by atoms with Crippen molar-refractivity contribution in [3.05, 3.63) is 76.8 Å². The maximum atomic E-state index is 14.2. The Kier molecular flexibility index (Phi) is 7.21. The van der Waals surface area contributed by atoms with E-state index in [-0.39, 0.29) is 23.8 Å². The average Bonchev–Trinajstić information content (AvgIpc) is 3.57. The summed E-state index contributed by atoms with van der Waals surface area (Å²) in [4.78, 5) is 43.6. The molecule has 7 atom stereocenters. The van der Waals surface area contributed by atoms with Crippen molar-refractivity contribution in [3.63, 3.8) is 0 Å². The van der Waals surface area contributed by atoms with Crippen molar-refractivity contribution in [2.24, 2.45) is 17.8 Å². The molecule has 2 saturated heterocycles. The number of carbonyl (C=O) groups is 3. The average molecular weight is 562 g/mol. The van der Waals surface area contributed by atoms with Crippen LogP contribution in [-0.2, 0) is 25.5 Å². The van der Waals surface area contributed by atoms with Gasteiger partial charge in [0.25, 0.3) is 0 Å². The molecule has 4 aliphatic rings. The van der Waals surface area contributed by atoms with E-state index in [1.807, 2.05) is 67.6 Å². The van der Waals surface area contributed by atoms with E-state index >= 15 is 0 Å². The minimum absolute atomic E-state index is 0.0558. The fourth-order valence-electron chi connectivity index (χ4n) is 7.19. The standard InChI is InChI=1S/C32H36ClN3O4/c1-19-8-7-11-22(18-19)34-29(37)26-25-14-16-32(40-25)27(26)31(39)36(17-15-21-10-4-5-12-23(21)33)28(32)30(38)35-24-13-6-3-9-20(24)2/h4-5,7-8,10-12,14,16,18,20,24-28H,3,6,9,13,15,17H2,1-2H3,(H,34,37)(H,35,38)/t20-,24-,25-,26+,27-,28-,32-/m0/s1. The van der Waals surface area contributed by atoms with E-state index in [1.165, 1.54) is 0 Å². The SMILES string of the molecule is Cc1cccc(NC(=O)[C@@H]2[C@@H]3C=C[C@]4(O3)[C@@H]2C(=O)N(CCc2ccccc2Cl)[C@H]4C(=O)N[C@H]2CCCC[C@@H]2C)c1. The third-order valence-electron chi connectivity index (χ3n) is 9.23. The van der Waals surface area contributed by atoms with Gasteiger partial charge in [-0.05, 0) is 61.4 Å². The summed E-state index contributed by atoms with van der Waals surface area (Å²) in [7, 11) is 0. The highest BCUT2D eigenvalue weighted by molar-refractivity contribution is 6.31. The molecule has 2 aromatic carbocycles. The molecule has 1 saturated carbocycles. The van der Waals surface area contributed by atoms with Crippen LogP contribution in [0.5, 0.6) is 0 Å². The number of nitrogens with one attached hydrogen (secondary N) is 2. The Balaban J connectivity index is 1.31. The molecule has 3 fully saturated rings. The normalized spacial score (nSPS) is 32.3. The van der Waals surface area contributed by atoms with E-state index in [2.05, 4.69) is 17.6 Å². The molecule has 6 rings (SSSR count). The summed E-state index contributed by atoms with van der Waals surface area (Å²) in [5.41, 5.74) is 1.42. The van der Waals surface area contributed by atoms with Gasteiger partial charge in [-0.1, -0.05) is 73.9 Å². The fraction of sp³-hybridized carbons (Fsp3) is 0.469. The first-order chi connectivity index (χ1) is 19.3. The van der Waals surface area contributed by atoms with Gasteiger partial charge in [0.05, 0.1) is 17.9 Å². The predicted octanol–water partition coefficient (Wildman–Crippen LogP) is 4.68. The molecule has 2 N–H and O–H groups in total. The van der Waals surface area contributed by atoms with Gasteiger partial charge in [0.2, 0.25) is 17.7 Å². The van der Waals surface area contributed by atoms with Crippen LogP contribution in [0, 0.1) is 24.7 Å².